The molecule has 272 valence electrons. The predicted octanol–water partition coefficient (Wildman–Crippen LogP) is 14.0. The van der Waals surface area contributed by atoms with Crippen LogP contribution in [0.25, 0.3) is 112 Å². The highest BCUT2D eigenvalue weighted by molar-refractivity contribution is 6.19. The Kier molecular flexibility index (Phi) is 8.77. The Morgan fingerprint density at radius 3 is 1.57 bits per heavy atom. The van der Waals surface area contributed by atoms with Gasteiger partial charge in [-0.15, -0.1) is 0 Å². The molecule has 0 amide bonds. The zero-order valence-electron chi connectivity index (χ0n) is 31.7. The van der Waals surface area contributed by atoms with Gasteiger partial charge in [-0.3, -0.25) is 4.98 Å². The average Bonchev–Trinajstić information content (AvgIpc) is 3.31. The first-order valence-corrected chi connectivity index (χ1v) is 19.3. The smallest absolute Gasteiger partial charge is 0.164 e. The molecule has 4 nitrogen and oxygen atoms in total. The lowest BCUT2D eigenvalue weighted by Gasteiger charge is -2.18. The maximum Gasteiger partial charge on any atom is 0.164 e. The minimum atomic E-state index is 0.601. The molecule has 0 fully saturated rings. The van der Waals surface area contributed by atoms with Crippen molar-refractivity contribution in [1.29, 1.82) is 0 Å². The Balaban J connectivity index is 1.21. The summed E-state index contributed by atoms with van der Waals surface area (Å²) in [6.45, 7) is 8.44. The van der Waals surface area contributed by atoms with Gasteiger partial charge in [0.05, 0.1) is 0 Å². The number of pyridine rings is 1. The van der Waals surface area contributed by atoms with Crippen LogP contribution in [0.15, 0.2) is 195 Å². The zero-order valence-corrected chi connectivity index (χ0v) is 31.7. The van der Waals surface area contributed by atoms with E-state index in [2.05, 4.69) is 127 Å². The lowest BCUT2D eigenvalue weighted by atomic mass is 9.86. The molecule has 4 heteroatoms. The fourth-order valence-corrected chi connectivity index (χ4v) is 8.11. The summed E-state index contributed by atoms with van der Waals surface area (Å²) in [5, 5.41) is 6.88. The maximum atomic E-state index is 5.16. The van der Waals surface area contributed by atoms with Crippen molar-refractivity contribution in [2.45, 2.75) is 0 Å². The molecule has 58 heavy (non-hydrogen) atoms. The van der Waals surface area contributed by atoms with E-state index in [1.165, 1.54) is 5.39 Å². The lowest BCUT2D eigenvalue weighted by Crippen LogP contribution is -2.00. The van der Waals surface area contributed by atoms with Crippen molar-refractivity contribution in [1.82, 2.24) is 19.9 Å². The van der Waals surface area contributed by atoms with E-state index in [0.29, 0.717) is 17.5 Å². The van der Waals surface area contributed by atoms with Crippen molar-refractivity contribution in [3.63, 3.8) is 0 Å². The normalized spacial score (nSPS) is 11.2. The van der Waals surface area contributed by atoms with Gasteiger partial charge in [0, 0.05) is 34.5 Å². The molecule has 0 aliphatic heterocycles. The Bertz CT molecular complexity index is 3130. The second kappa shape index (κ2) is 14.7. The van der Waals surface area contributed by atoms with Crippen LogP contribution in [-0.2, 0) is 0 Å². The van der Waals surface area contributed by atoms with Crippen molar-refractivity contribution in [3.05, 3.63) is 207 Å². The van der Waals surface area contributed by atoms with Gasteiger partial charge in [0.1, 0.15) is 0 Å². The van der Waals surface area contributed by atoms with Gasteiger partial charge in [0.25, 0.3) is 0 Å². The van der Waals surface area contributed by atoms with Crippen molar-refractivity contribution in [2.24, 2.45) is 0 Å². The van der Waals surface area contributed by atoms with E-state index >= 15 is 0 Å². The summed E-state index contributed by atoms with van der Waals surface area (Å²) in [4.78, 5) is 19.6. The van der Waals surface area contributed by atoms with Gasteiger partial charge in [-0.25, -0.2) is 15.0 Å². The summed E-state index contributed by atoms with van der Waals surface area (Å²) in [6.07, 6.45) is 7.64. The van der Waals surface area contributed by atoms with Crippen LogP contribution in [0.3, 0.4) is 0 Å². The minimum Gasteiger partial charge on any atom is -0.264 e. The number of benzene rings is 8. The molecular formula is C54H36N4. The lowest BCUT2D eigenvalue weighted by molar-refractivity contribution is 1.07. The third kappa shape index (κ3) is 6.23. The number of nitrogens with zero attached hydrogens (tertiary/aromatic N) is 4. The van der Waals surface area contributed by atoms with Gasteiger partial charge in [-0.2, -0.15) is 0 Å². The molecule has 2 heterocycles. The Morgan fingerprint density at radius 1 is 0.362 bits per heavy atom. The predicted molar refractivity (Wildman–Crippen MR) is 243 cm³/mol. The van der Waals surface area contributed by atoms with E-state index in [0.717, 1.165) is 88.1 Å². The number of rotatable bonds is 8. The van der Waals surface area contributed by atoms with Gasteiger partial charge in [0.15, 0.2) is 17.5 Å². The molecule has 0 saturated heterocycles. The molecule has 0 atom stereocenters. The molecule has 0 N–H and O–H groups in total. The first-order chi connectivity index (χ1) is 28.6. The largest absolute Gasteiger partial charge is 0.264 e. The molecule has 0 unspecified atom stereocenters. The summed E-state index contributed by atoms with van der Waals surface area (Å²) in [7, 11) is 0. The Labute approximate surface area is 337 Å². The molecule has 0 aliphatic rings. The van der Waals surface area contributed by atoms with Crippen LogP contribution in [0.5, 0.6) is 0 Å². The third-order valence-corrected chi connectivity index (χ3v) is 10.9. The van der Waals surface area contributed by atoms with Gasteiger partial charge < -0.3 is 0 Å². The van der Waals surface area contributed by atoms with Crippen LogP contribution in [0.1, 0.15) is 11.1 Å². The van der Waals surface area contributed by atoms with E-state index in [1.54, 1.807) is 0 Å². The topological polar surface area (TPSA) is 51.6 Å². The van der Waals surface area contributed by atoms with Crippen LogP contribution < -0.4 is 0 Å². The zero-order chi connectivity index (χ0) is 39.0. The van der Waals surface area contributed by atoms with Crippen LogP contribution in [0.2, 0.25) is 0 Å². The summed E-state index contributed by atoms with van der Waals surface area (Å²) < 4.78 is 0. The standard InChI is InChI=1S/C54H36N4/c1-3-45-46(4-2)49-21-13-20-47(51(49)50-19-12-11-18-48(45)50)43-31-42(36-24-22-35(23-25-36)39-26-27-41-34-55-29-28-40(41)30-39)32-44(33-43)54-57-52(37-14-7-5-8-15-37)56-53(58-54)38-16-9-6-10-17-38/h3-34H,1-2H2. The van der Waals surface area contributed by atoms with E-state index in [9.17, 15) is 0 Å². The van der Waals surface area contributed by atoms with Crippen molar-refractivity contribution >= 4 is 44.5 Å². The molecule has 10 aromatic rings. The fraction of sp³-hybridized carbons (Fsp3) is 0. The van der Waals surface area contributed by atoms with Crippen molar-refractivity contribution in [2.75, 3.05) is 0 Å². The molecular weight excluding hydrogens is 705 g/mol. The molecule has 0 saturated carbocycles. The van der Waals surface area contributed by atoms with E-state index < -0.39 is 0 Å². The molecule has 2 aromatic heterocycles. The quantitative estimate of drug-likeness (QED) is 0.146. The van der Waals surface area contributed by atoms with E-state index in [4.69, 9.17) is 15.0 Å². The number of hydrogen-bond acceptors (Lipinski definition) is 4. The number of aromatic nitrogens is 4. The Hall–Kier alpha value is -7.82. The summed E-state index contributed by atoms with van der Waals surface area (Å²) in [5.74, 6) is 1.84. The van der Waals surface area contributed by atoms with Gasteiger partial charge in [-0.1, -0.05) is 165 Å². The highest BCUT2D eigenvalue weighted by atomic mass is 15.0. The van der Waals surface area contributed by atoms with Gasteiger partial charge in [-0.05, 0) is 102 Å². The minimum absolute atomic E-state index is 0.601. The molecule has 0 radical (unpaired) electrons. The summed E-state index contributed by atoms with van der Waals surface area (Å²) in [5.41, 5.74) is 11.5. The van der Waals surface area contributed by atoms with Crippen LogP contribution in [-0.4, -0.2) is 19.9 Å². The SMILES string of the molecule is C=Cc1c(C=C)c2cccc(-c3cc(-c4ccc(-c5ccc6cnccc6c5)cc4)cc(-c4nc(-c5ccccc5)nc(-c5ccccc5)n4)c3)c2c2ccccc12. The molecule has 8 aromatic carbocycles. The highest BCUT2D eigenvalue weighted by Crippen LogP contribution is 2.42. The summed E-state index contributed by atoms with van der Waals surface area (Å²) >= 11 is 0. The highest BCUT2D eigenvalue weighted by Gasteiger charge is 2.18. The number of fused-ring (bicyclic) bond motifs is 4. The van der Waals surface area contributed by atoms with Crippen LogP contribution in [0, 0.1) is 0 Å². The molecule has 0 bridgehead atoms. The maximum absolute atomic E-state index is 5.16. The molecule has 0 spiro atoms. The monoisotopic (exact) mass is 740 g/mol. The molecule has 10 rings (SSSR count). The summed E-state index contributed by atoms with van der Waals surface area (Å²) in [6, 6.07) is 59.4. The number of hydrogen-bond donors (Lipinski definition) is 0. The van der Waals surface area contributed by atoms with Crippen molar-refractivity contribution < 1.29 is 0 Å². The Morgan fingerprint density at radius 2 is 0.897 bits per heavy atom. The third-order valence-electron chi connectivity index (χ3n) is 10.9. The second-order valence-electron chi connectivity index (χ2n) is 14.4. The van der Waals surface area contributed by atoms with Gasteiger partial charge >= 0.3 is 0 Å². The van der Waals surface area contributed by atoms with Crippen LogP contribution >= 0.6 is 0 Å². The van der Waals surface area contributed by atoms with E-state index in [1.807, 2.05) is 85.2 Å². The van der Waals surface area contributed by atoms with E-state index in [-0.39, 0.29) is 0 Å². The fourth-order valence-electron chi connectivity index (χ4n) is 8.11. The first kappa shape index (κ1) is 34.7. The van der Waals surface area contributed by atoms with Crippen LogP contribution in [0.4, 0.5) is 0 Å². The first-order valence-electron chi connectivity index (χ1n) is 19.3. The molecule has 0 aliphatic carbocycles. The van der Waals surface area contributed by atoms with Crippen molar-refractivity contribution in [3.8, 4) is 67.5 Å². The second-order valence-corrected chi connectivity index (χ2v) is 14.4. The average molecular weight is 741 g/mol. The van der Waals surface area contributed by atoms with Gasteiger partial charge in [0.2, 0.25) is 0 Å².